The topological polar surface area (TPSA) is 64.3 Å². The van der Waals surface area contributed by atoms with Crippen LogP contribution in [0.15, 0.2) is 18.2 Å². The van der Waals surface area contributed by atoms with E-state index in [4.69, 9.17) is 10.5 Å². The Morgan fingerprint density at radius 1 is 1.48 bits per heavy atom. The zero-order valence-electron chi connectivity index (χ0n) is 12.6. The van der Waals surface area contributed by atoms with E-state index in [1.165, 1.54) is 0 Å². The van der Waals surface area contributed by atoms with Gasteiger partial charge in [0, 0.05) is 24.3 Å². The maximum Gasteiger partial charge on any atom is 0.251 e. The molecule has 0 aliphatic heterocycles. The summed E-state index contributed by atoms with van der Waals surface area (Å²) in [5.41, 5.74) is 7.95. The Balaban J connectivity index is 2.01. The summed E-state index contributed by atoms with van der Waals surface area (Å²) in [4.78, 5) is 12.3. The first-order chi connectivity index (χ1) is 10.1. The molecule has 1 aromatic rings. The van der Waals surface area contributed by atoms with Crippen LogP contribution in [0.2, 0.25) is 0 Å². The molecule has 2 rings (SSSR count). The highest BCUT2D eigenvalue weighted by Crippen LogP contribution is 2.22. The van der Waals surface area contributed by atoms with Crippen LogP contribution in [-0.4, -0.2) is 31.7 Å². The van der Waals surface area contributed by atoms with Crippen LogP contribution in [-0.2, 0) is 4.74 Å². The number of nitrogens with two attached hydrogens (primary N) is 1. The molecule has 0 spiro atoms. The molecule has 2 unspecified atom stereocenters. The Morgan fingerprint density at radius 2 is 2.29 bits per heavy atom. The van der Waals surface area contributed by atoms with Crippen LogP contribution in [0.3, 0.4) is 0 Å². The minimum absolute atomic E-state index is 0.0295. The van der Waals surface area contributed by atoms with Gasteiger partial charge in [-0.15, -0.1) is 0 Å². The molecular weight excluding hydrogens is 264 g/mol. The zero-order valence-corrected chi connectivity index (χ0v) is 12.6. The second kappa shape index (κ2) is 7.26. The number of rotatable bonds is 3. The zero-order chi connectivity index (χ0) is 15.2. The molecule has 1 fully saturated rings. The minimum Gasteiger partial charge on any atom is -0.381 e. The van der Waals surface area contributed by atoms with E-state index >= 15 is 0 Å². The number of aryl methyl sites for hydroxylation is 1. The van der Waals surface area contributed by atoms with Gasteiger partial charge in [-0.1, -0.05) is 11.8 Å². The number of carbonyl (C=O) groups excluding carboxylic acids is 1. The van der Waals surface area contributed by atoms with Gasteiger partial charge in [0.1, 0.15) is 0 Å². The fourth-order valence-corrected chi connectivity index (χ4v) is 2.65. The standard InChI is InChI=1S/C17H22N2O2/c1-12-10-14(6-5-13(12)4-3-9-18)17(20)19-15-7-8-16(11-15)21-2/h5-6,10,15-16H,7-9,11,18H2,1-2H3,(H,19,20). The average Bonchev–Trinajstić information content (AvgIpc) is 2.93. The van der Waals surface area contributed by atoms with Crippen molar-refractivity contribution in [3.63, 3.8) is 0 Å². The molecule has 0 bridgehead atoms. The summed E-state index contributed by atoms with van der Waals surface area (Å²) in [6, 6.07) is 5.77. The highest BCUT2D eigenvalue weighted by atomic mass is 16.5. The molecule has 0 aromatic heterocycles. The fraction of sp³-hybridized carbons (Fsp3) is 0.471. The summed E-state index contributed by atoms with van der Waals surface area (Å²) < 4.78 is 5.32. The van der Waals surface area contributed by atoms with Gasteiger partial charge in [0.2, 0.25) is 0 Å². The summed E-state index contributed by atoms with van der Waals surface area (Å²) in [6.45, 7) is 2.29. The Labute approximate surface area is 126 Å². The van der Waals surface area contributed by atoms with E-state index in [0.717, 1.165) is 30.4 Å². The molecule has 4 nitrogen and oxygen atoms in total. The van der Waals surface area contributed by atoms with Gasteiger partial charge in [0.05, 0.1) is 12.6 Å². The highest BCUT2D eigenvalue weighted by Gasteiger charge is 2.25. The number of methoxy groups -OCH3 is 1. The first-order valence-corrected chi connectivity index (χ1v) is 7.27. The van der Waals surface area contributed by atoms with E-state index in [1.54, 1.807) is 7.11 Å². The lowest BCUT2D eigenvalue weighted by Gasteiger charge is -2.13. The van der Waals surface area contributed by atoms with Gasteiger partial charge in [0.25, 0.3) is 5.91 Å². The molecule has 1 aromatic carbocycles. The van der Waals surface area contributed by atoms with Crippen molar-refractivity contribution in [1.29, 1.82) is 0 Å². The first-order valence-electron chi connectivity index (χ1n) is 7.27. The Kier molecular flexibility index (Phi) is 5.38. The van der Waals surface area contributed by atoms with Crippen LogP contribution < -0.4 is 11.1 Å². The lowest BCUT2D eigenvalue weighted by Crippen LogP contribution is -2.33. The smallest absolute Gasteiger partial charge is 0.251 e. The van der Waals surface area contributed by atoms with Gasteiger partial charge < -0.3 is 15.8 Å². The number of amides is 1. The normalized spacial score (nSPS) is 20.7. The quantitative estimate of drug-likeness (QED) is 0.830. The van der Waals surface area contributed by atoms with Crippen LogP contribution in [0.25, 0.3) is 0 Å². The average molecular weight is 286 g/mol. The van der Waals surface area contributed by atoms with E-state index in [0.29, 0.717) is 12.1 Å². The number of ether oxygens (including phenoxy) is 1. The monoisotopic (exact) mass is 286 g/mol. The van der Waals surface area contributed by atoms with Crippen molar-refractivity contribution in [2.45, 2.75) is 38.3 Å². The van der Waals surface area contributed by atoms with Crippen LogP contribution in [0.5, 0.6) is 0 Å². The summed E-state index contributed by atoms with van der Waals surface area (Å²) >= 11 is 0. The summed E-state index contributed by atoms with van der Waals surface area (Å²) in [5, 5.41) is 3.07. The maximum absolute atomic E-state index is 12.3. The van der Waals surface area contributed by atoms with Crippen molar-refractivity contribution in [3.8, 4) is 11.8 Å². The van der Waals surface area contributed by atoms with Gasteiger partial charge >= 0.3 is 0 Å². The molecule has 4 heteroatoms. The van der Waals surface area contributed by atoms with Crippen LogP contribution in [0.1, 0.15) is 40.7 Å². The van der Waals surface area contributed by atoms with Crippen LogP contribution >= 0.6 is 0 Å². The molecular formula is C17H22N2O2. The third-order valence-electron chi connectivity index (χ3n) is 3.87. The summed E-state index contributed by atoms with van der Waals surface area (Å²) in [7, 11) is 1.72. The number of carbonyl (C=O) groups is 1. The third-order valence-corrected chi connectivity index (χ3v) is 3.87. The number of nitrogens with one attached hydrogen (secondary N) is 1. The van der Waals surface area contributed by atoms with Gasteiger partial charge in [-0.3, -0.25) is 4.79 Å². The SMILES string of the molecule is COC1CCC(NC(=O)c2ccc(C#CCN)c(C)c2)C1. The molecule has 1 aliphatic carbocycles. The van der Waals surface area contributed by atoms with Gasteiger partial charge in [0.15, 0.2) is 0 Å². The van der Waals surface area contributed by atoms with E-state index in [1.807, 2.05) is 25.1 Å². The lowest BCUT2D eigenvalue weighted by atomic mass is 10.0. The maximum atomic E-state index is 12.3. The number of hydrogen-bond acceptors (Lipinski definition) is 3. The molecule has 2 atom stereocenters. The van der Waals surface area contributed by atoms with Gasteiger partial charge in [-0.2, -0.15) is 0 Å². The van der Waals surface area contributed by atoms with Crippen molar-refractivity contribution in [2.24, 2.45) is 5.73 Å². The van der Waals surface area contributed by atoms with E-state index in [9.17, 15) is 4.79 Å². The molecule has 1 aliphatic rings. The fourth-order valence-electron chi connectivity index (χ4n) is 2.65. The van der Waals surface area contributed by atoms with Crippen LogP contribution in [0, 0.1) is 18.8 Å². The predicted octanol–water partition coefficient (Wildman–Crippen LogP) is 1.60. The van der Waals surface area contributed by atoms with Gasteiger partial charge in [-0.05, 0) is 49.9 Å². The molecule has 0 radical (unpaired) electrons. The number of benzene rings is 1. The molecule has 1 saturated carbocycles. The van der Waals surface area contributed by atoms with Crippen molar-refractivity contribution < 1.29 is 9.53 Å². The Morgan fingerprint density at radius 3 is 2.90 bits per heavy atom. The summed E-state index contributed by atoms with van der Waals surface area (Å²) in [6.07, 6.45) is 3.14. The van der Waals surface area contributed by atoms with Crippen molar-refractivity contribution >= 4 is 5.91 Å². The van der Waals surface area contributed by atoms with Crippen molar-refractivity contribution in [2.75, 3.05) is 13.7 Å². The van der Waals surface area contributed by atoms with Gasteiger partial charge in [-0.25, -0.2) is 0 Å². The minimum atomic E-state index is -0.0295. The Bertz CT molecular complexity index is 572. The molecule has 112 valence electrons. The van der Waals surface area contributed by atoms with E-state index in [-0.39, 0.29) is 18.1 Å². The number of hydrogen-bond donors (Lipinski definition) is 2. The first kappa shape index (κ1) is 15.6. The largest absolute Gasteiger partial charge is 0.381 e. The van der Waals surface area contributed by atoms with Crippen LogP contribution in [0.4, 0.5) is 0 Å². The second-order valence-corrected chi connectivity index (χ2v) is 5.38. The van der Waals surface area contributed by atoms with E-state index < -0.39 is 0 Å². The third kappa shape index (κ3) is 4.07. The van der Waals surface area contributed by atoms with Crippen molar-refractivity contribution in [3.05, 3.63) is 34.9 Å². The van der Waals surface area contributed by atoms with E-state index in [2.05, 4.69) is 17.2 Å². The molecule has 1 amide bonds. The Hall–Kier alpha value is -1.83. The molecule has 0 heterocycles. The molecule has 3 N–H and O–H groups in total. The van der Waals surface area contributed by atoms with Crippen molar-refractivity contribution in [1.82, 2.24) is 5.32 Å². The highest BCUT2D eigenvalue weighted by molar-refractivity contribution is 5.94. The molecule has 21 heavy (non-hydrogen) atoms. The molecule has 0 saturated heterocycles. The summed E-state index contributed by atoms with van der Waals surface area (Å²) in [5.74, 6) is 5.80. The lowest BCUT2D eigenvalue weighted by molar-refractivity contribution is 0.0915. The second-order valence-electron chi connectivity index (χ2n) is 5.38. The predicted molar refractivity (Wildman–Crippen MR) is 83.0 cm³/mol.